The van der Waals surface area contributed by atoms with Crippen molar-refractivity contribution in [1.82, 2.24) is 9.97 Å². The number of primary amides is 1. The van der Waals surface area contributed by atoms with Crippen LogP contribution in [0, 0.1) is 11.3 Å². The number of benzene rings is 1. The summed E-state index contributed by atoms with van der Waals surface area (Å²) in [5.41, 5.74) is 9.31. The Morgan fingerprint density at radius 1 is 1.13 bits per heavy atom. The van der Waals surface area contributed by atoms with Crippen molar-refractivity contribution in [2.45, 2.75) is 44.3 Å². The Kier molecular flexibility index (Phi) is 7.68. The predicted molar refractivity (Wildman–Crippen MR) is 146 cm³/mol. The fourth-order valence-electron chi connectivity index (χ4n) is 5.11. The number of nitriles is 1. The molecule has 4 heterocycles. The number of piperidine rings is 2. The summed E-state index contributed by atoms with van der Waals surface area (Å²) in [4.78, 5) is 36.7. The second-order valence-electron chi connectivity index (χ2n) is 9.95. The molecule has 39 heavy (non-hydrogen) atoms. The Hall–Kier alpha value is -4.52. The molecule has 200 valence electrons. The van der Waals surface area contributed by atoms with Crippen LogP contribution in [0.1, 0.15) is 52.9 Å². The lowest BCUT2D eigenvalue weighted by molar-refractivity contribution is -0.119. The number of hydrogen-bond acceptors (Lipinski definition) is 7. The maximum atomic E-state index is 15.3. The van der Waals surface area contributed by atoms with Crippen LogP contribution in [0.3, 0.4) is 0 Å². The first-order valence-corrected chi connectivity index (χ1v) is 13.1. The number of carbonyl (C=O) groups is 2. The van der Waals surface area contributed by atoms with Gasteiger partial charge in [0.05, 0.1) is 29.4 Å². The summed E-state index contributed by atoms with van der Waals surface area (Å²) in [7, 11) is 0. The molecule has 3 N–H and O–H groups in total. The molecule has 0 unspecified atom stereocenters. The van der Waals surface area contributed by atoms with E-state index in [-0.39, 0.29) is 18.0 Å². The minimum absolute atomic E-state index is 0.131. The molecule has 9 nitrogen and oxygen atoms in total. The van der Waals surface area contributed by atoms with Crippen molar-refractivity contribution in [3.63, 3.8) is 0 Å². The normalized spacial score (nSPS) is 19.4. The van der Waals surface area contributed by atoms with E-state index in [2.05, 4.69) is 15.3 Å². The molecule has 2 aliphatic heterocycles. The number of alkyl halides is 1. The van der Waals surface area contributed by atoms with Crippen molar-refractivity contribution in [2.24, 2.45) is 5.73 Å². The third-order valence-electron chi connectivity index (χ3n) is 7.27. The van der Waals surface area contributed by atoms with Crippen molar-refractivity contribution in [2.75, 3.05) is 34.8 Å². The van der Waals surface area contributed by atoms with Crippen LogP contribution in [0.15, 0.2) is 54.9 Å². The van der Waals surface area contributed by atoms with Crippen molar-refractivity contribution < 1.29 is 14.0 Å². The van der Waals surface area contributed by atoms with E-state index in [4.69, 9.17) is 11.0 Å². The number of pyridine rings is 2. The van der Waals surface area contributed by atoms with E-state index in [0.29, 0.717) is 48.6 Å². The molecule has 5 rings (SSSR count). The Morgan fingerprint density at radius 2 is 1.95 bits per heavy atom. The van der Waals surface area contributed by atoms with Gasteiger partial charge < -0.3 is 20.9 Å². The van der Waals surface area contributed by atoms with Gasteiger partial charge >= 0.3 is 0 Å². The topological polar surface area (TPSA) is 128 Å². The SMILES string of the molecule is N#Cc1ccc(N2CC[C@@H](Nc3cc(Cc4ccc(N5CCCCC5=O)cc4)ncc3C(N)=O)[C@@H](F)C2)nc1. The van der Waals surface area contributed by atoms with E-state index >= 15 is 4.39 Å². The summed E-state index contributed by atoms with van der Waals surface area (Å²) in [5.74, 6) is 0.134. The zero-order valence-corrected chi connectivity index (χ0v) is 21.5. The second-order valence-corrected chi connectivity index (χ2v) is 9.95. The van der Waals surface area contributed by atoms with Crippen LogP contribution in [0.25, 0.3) is 0 Å². The minimum atomic E-state index is -1.22. The molecule has 2 aromatic heterocycles. The Balaban J connectivity index is 1.27. The van der Waals surface area contributed by atoms with E-state index in [1.165, 1.54) is 12.4 Å². The molecule has 10 heteroatoms. The van der Waals surface area contributed by atoms with Gasteiger partial charge in [0.25, 0.3) is 5.91 Å². The molecule has 0 saturated carbocycles. The smallest absolute Gasteiger partial charge is 0.252 e. The Bertz CT molecular complexity index is 1390. The van der Waals surface area contributed by atoms with Gasteiger partial charge in [0, 0.05) is 49.7 Å². The average Bonchev–Trinajstić information content (AvgIpc) is 2.95. The zero-order chi connectivity index (χ0) is 27.4. The molecule has 2 amide bonds. The number of nitrogens with two attached hydrogens (primary N) is 1. The minimum Gasteiger partial charge on any atom is -0.378 e. The number of nitrogens with zero attached hydrogens (tertiary/aromatic N) is 5. The van der Waals surface area contributed by atoms with Gasteiger partial charge in [-0.3, -0.25) is 14.6 Å². The lowest BCUT2D eigenvalue weighted by Crippen LogP contribution is -2.48. The summed E-state index contributed by atoms with van der Waals surface area (Å²) in [6, 6.07) is 14.5. The molecule has 2 atom stereocenters. The average molecular weight is 528 g/mol. The predicted octanol–water partition coefficient (Wildman–Crippen LogP) is 3.58. The van der Waals surface area contributed by atoms with Crippen LogP contribution >= 0.6 is 0 Å². The third-order valence-corrected chi connectivity index (χ3v) is 7.27. The van der Waals surface area contributed by atoms with Crippen molar-refractivity contribution in [3.05, 3.63) is 77.2 Å². The highest BCUT2D eigenvalue weighted by Gasteiger charge is 2.31. The van der Waals surface area contributed by atoms with Crippen LogP contribution in [-0.2, 0) is 11.2 Å². The first-order valence-electron chi connectivity index (χ1n) is 13.1. The van der Waals surface area contributed by atoms with Gasteiger partial charge in [-0.1, -0.05) is 12.1 Å². The molecule has 1 aromatic carbocycles. The molecule has 2 fully saturated rings. The fraction of sp³-hybridized carbons (Fsp3) is 0.345. The monoisotopic (exact) mass is 527 g/mol. The number of hydrogen-bond donors (Lipinski definition) is 2. The number of halogens is 1. The van der Waals surface area contributed by atoms with Gasteiger partial charge in [0.1, 0.15) is 18.1 Å². The van der Waals surface area contributed by atoms with Crippen LogP contribution in [0.2, 0.25) is 0 Å². The van der Waals surface area contributed by atoms with Gasteiger partial charge in [-0.25, -0.2) is 9.37 Å². The summed E-state index contributed by atoms with van der Waals surface area (Å²) in [6.07, 6.45) is 5.20. The molecule has 0 spiro atoms. The van der Waals surface area contributed by atoms with Gasteiger partial charge in [-0.2, -0.15) is 5.26 Å². The first kappa shape index (κ1) is 26.1. The van der Waals surface area contributed by atoms with E-state index in [1.54, 1.807) is 18.2 Å². The van der Waals surface area contributed by atoms with E-state index in [1.807, 2.05) is 40.1 Å². The highest BCUT2D eigenvalue weighted by Crippen LogP contribution is 2.26. The molecule has 2 saturated heterocycles. The zero-order valence-electron chi connectivity index (χ0n) is 21.5. The lowest BCUT2D eigenvalue weighted by Gasteiger charge is -2.36. The number of rotatable bonds is 7. The van der Waals surface area contributed by atoms with Crippen molar-refractivity contribution in [3.8, 4) is 6.07 Å². The van der Waals surface area contributed by atoms with Gasteiger partial charge in [0.2, 0.25) is 5.91 Å². The lowest BCUT2D eigenvalue weighted by atomic mass is 10.0. The summed E-state index contributed by atoms with van der Waals surface area (Å²) < 4.78 is 15.3. The highest BCUT2D eigenvalue weighted by molar-refractivity contribution is 5.98. The van der Waals surface area contributed by atoms with Crippen molar-refractivity contribution in [1.29, 1.82) is 5.26 Å². The van der Waals surface area contributed by atoms with Crippen molar-refractivity contribution >= 4 is 29.0 Å². The van der Waals surface area contributed by atoms with Crippen LogP contribution in [0.5, 0.6) is 0 Å². The van der Waals surface area contributed by atoms with Gasteiger partial charge in [-0.05, 0) is 55.2 Å². The van der Waals surface area contributed by atoms with Gasteiger partial charge in [0.15, 0.2) is 0 Å². The molecule has 2 aliphatic rings. The number of carbonyl (C=O) groups excluding carboxylic acids is 2. The Morgan fingerprint density at radius 3 is 2.62 bits per heavy atom. The molecular weight excluding hydrogens is 497 g/mol. The third kappa shape index (κ3) is 5.98. The standard InChI is InChI=1S/C29H30FN7O2/c30-24-18-36(27-9-6-20(15-31)16-34-27)12-10-25(24)35-26-14-21(33-17-23(26)29(32)39)13-19-4-7-22(8-5-19)37-11-2-1-3-28(37)38/h4-9,14,16-17,24-25H,1-3,10-13,18H2,(H2,32,39)(H,33,35)/t24-,25+/m0/s1. The van der Waals surface area contributed by atoms with E-state index in [9.17, 15) is 9.59 Å². The Labute approximate surface area is 226 Å². The molecule has 0 bridgehead atoms. The first-order chi connectivity index (χ1) is 18.9. The van der Waals surface area contributed by atoms with Crippen LogP contribution in [0.4, 0.5) is 21.6 Å². The highest BCUT2D eigenvalue weighted by atomic mass is 19.1. The largest absolute Gasteiger partial charge is 0.378 e. The van der Waals surface area contributed by atoms with E-state index < -0.39 is 18.1 Å². The second kappa shape index (κ2) is 11.5. The maximum absolute atomic E-state index is 15.3. The summed E-state index contributed by atoms with van der Waals surface area (Å²) in [6.45, 7) is 1.43. The fourth-order valence-corrected chi connectivity index (χ4v) is 5.11. The number of nitrogens with one attached hydrogen (secondary N) is 1. The number of amides is 2. The molecule has 0 aliphatic carbocycles. The molecule has 0 radical (unpaired) electrons. The number of anilines is 3. The number of aromatic nitrogens is 2. The molecule has 3 aromatic rings. The maximum Gasteiger partial charge on any atom is 0.252 e. The summed E-state index contributed by atoms with van der Waals surface area (Å²) in [5, 5.41) is 12.2. The van der Waals surface area contributed by atoms with E-state index in [0.717, 1.165) is 30.6 Å². The van der Waals surface area contributed by atoms with Crippen LogP contribution < -0.4 is 20.9 Å². The molecular formula is C29H30FN7O2. The summed E-state index contributed by atoms with van der Waals surface area (Å²) >= 11 is 0. The van der Waals surface area contributed by atoms with Gasteiger partial charge in [-0.15, -0.1) is 0 Å². The van der Waals surface area contributed by atoms with Crippen LogP contribution in [-0.4, -0.2) is 53.6 Å². The quantitative estimate of drug-likeness (QED) is 0.481.